The fourth-order valence-electron chi connectivity index (χ4n) is 1.81. The normalized spacial score (nSPS) is 17.8. The Kier molecular flexibility index (Phi) is 2.30. The predicted octanol–water partition coefficient (Wildman–Crippen LogP) is 1.86. The number of fused-ring (bicyclic) bond motifs is 1. The average molecular weight is 220 g/mol. The molecule has 0 aliphatic carbocycles. The van der Waals surface area contributed by atoms with Gasteiger partial charge in [0, 0.05) is 7.05 Å². The summed E-state index contributed by atoms with van der Waals surface area (Å²) in [5.74, 6) is 0.667. The molecule has 2 rings (SSSR count). The maximum absolute atomic E-state index is 11.9. The lowest BCUT2D eigenvalue weighted by molar-refractivity contribution is -0.120. The number of amides is 1. The molecule has 1 heterocycles. The number of carbonyl (C=O) groups is 1. The third-order valence-electron chi connectivity index (χ3n) is 3.22. The standard InChI is InChI=1S/C12H16N2O2/c1-12(2)11(15)13-10-8(14(12)3)6-5-7-9(10)16-4/h5-7H,1-4H3,(H,13,15). The van der Waals surface area contributed by atoms with E-state index in [-0.39, 0.29) is 5.91 Å². The minimum atomic E-state index is -0.542. The van der Waals surface area contributed by atoms with E-state index in [2.05, 4.69) is 5.32 Å². The SMILES string of the molecule is COc1cccc2c1NC(=O)C(C)(C)N2C. The Morgan fingerprint density at radius 2 is 2.06 bits per heavy atom. The number of ether oxygens (including phenoxy) is 1. The van der Waals surface area contributed by atoms with E-state index in [1.165, 1.54) is 0 Å². The number of hydrogen-bond donors (Lipinski definition) is 1. The van der Waals surface area contributed by atoms with Gasteiger partial charge in [0.2, 0.25) is 5.91 Å². The first-order valence-corrected chi connectivity index (χ1v) is 5.20. The van der Waals surface area contributed by atoms with E-state index in [1.54, 1.807) is 7.11 Å². The Hall–Kier alpha value is -1.71. The number of nitrogens with zero attached hydrogens (tertiary/aromatic N) is 1. The van der Waals surface area contributed by atoms with E-state index >= 15 is 0 Å². The van der Waals surface area contributed by atoms with Gasteiger partial charge in [-0.25, -0.2) is 0 Å². The quantitative estimate of drug-likeness (QED) is 0.785. The maximum atomic E-state index is 11.9. The number of methoxy groups -OCH3 is 1. The molecule has 0 bridgehead atoms. The number of nitrogens with one attached hydrogen (secondary N) is 1. The summed E-state index contributed by atoms with van der Waals surface area (Å²) in [6, 6.07) is 5.73. The van der Waals surface area contributed by atoms with Crippen molar-refractivity contribution in [2.45, 2.75) is 19.4 Å². The number of rotatable bonds is 1. The lowest BCUT2D eigenvalue weighted by atomic mass is 9.97. The number of anilines is 2. The van der Waals surface area contributed by atoms with Crippen molar-refractivity contribution in [1.29, 1.82) is 0 Å². The molecule has 0 spiro atoms. The van der Waals surface area contributed by atoms with Crippen molar-refractivity contribution in [2.75, 3.05) is 24.4 Å². The molecule has 0 aromatic heterocycles. The van der Waals surface area contributed by atoms with Crippen LogP contribution in [-0.2, 0) is 4.79 Å². The molecule has 0 saturated carbocycles. The summed E-state index contributed by atoms with van der Waals surface area (Å²) >= 11 is 0. The Bertz CT molecular complexity index is 441. The van der Waals surface area contributed by atoms with Gasteiger partial charge in [-0.15, -0.1) is 0 Å². The maximum Gasteiger partial charge on any atom is 0.249 e. The minimum absolute atomic E-state index is 0.0213. The van der Waals surface area contributed by atoms with Crippen LogP contribution in [0.5, 0.6) is 5.75 Å². The van der Waals surface area contributed by atoms with Crippen molar-refractivity contribution < 1.29 is 9.53 Å². The lowest BCUT2D eigenvalue weighted by Crippen LogP contribution is -2.54. The molecule has 1 aliphatic heterocycles. The van der Waals surface area contributed by atoms with Gasteiger partial charge in [0.1, 0.15) is 17.0 Å². The van der Waals surface area contributed by atoms with Crippen LogP contribution < -0.4 is 15.0 Å². The first-order chi connectivity index (χ1) is 7.48. The van der Waals surface area contributed by atoms with Crippen molar-refractivity contribution in [1.82, 2.24) is 0 Å². The largest absolute Gasteiger partial charge is 0.494 e. The van der Waals surface area contributed by atoms with E-state index in [4.69, 9.17) is 4.74 Å². The molecule has 4 nitrogen and oxygen atoms in total. The smallest absolute Gasteiger partial charge is 0.249 e. The van der Waals surface area contributed by atoms with Crippen LogP contribution in [0.3, 0.4) is 0 Å². The molecule has 1 N–H and O–H groups in total. The zero-order valence-electron chi connectivity index (χ0n) is 10.00. The Balaban J connectivity index is 2.59. The summed E-state index contributed by atoms with van der Waals surface area (Å²) in [6.07, 6.45) is 0. The van der Waals surface area contributed by atoms with Crippen LogP contribution in [0, 0.1) is 0 Å². The summed E-state index contributed by atoms with van der Waals surface area (Å²) in [6.45, 7) is 3.79. The first-order valence-electron chi connectivity index (χ1n) is 5.20. The molecule has 0 radical (unpaired) electrons. The van der Waals surface area contributed by atoms with E-state index in [0.717, 1.165) is 11.4 Å². The third kappa shape index (κ3) is 1.33. The zero-order chi connectivity index (χ0) is 11.9. The van der Waals surface area contributed by atoms with E-state index in [9.17, 15) is 4.79 Å². The molecule has 0 atom stereocenters. The molecule has 1 amide bonds. The average Bonchev–Trinajstić information content (AvgIpc) is 2.26. The number of hydrogen-bond acceptors (Lipinski definition) is 3. The number of benzene rings is 1. The Labute approximate surface area is 95.2 Å². The molecule has 86 valence electrons. The second-order valence-corrected chi connectivity index (χ2v) is 4.43. The fourth-order valence-corrected chi connectivity index (χ4v) is 1.81. The van der Waals surface area contributed by atoms with Crippen LogP contribution >= 0.6 is 0 Å². The molecule has 0 fully saturated rings. The monoisotopic (exact) mass is 220 g/mol. The number of para-hydroxylation sites is 1. The van der Waals surface area contributed by atoms with Crippen LogP contribution in [-0.4, -0.2) is 25.6 Å². The molecule has 16 heavy (non-hydrogen) atoms. The van der Waals surface area contributed by atoms with Gasteiger partial charge in [-0.3, -0.25) is 4.79 Å². The fraction of sp³-hybridized carbons (Fsp3) is 0.417. The third-order valence-corrected chi connectivity index (χ3v) is 3.22. The van der Waals surface area contributed by atoms with Crippen molar-refractivity contribution >= 4 is 17.3 Å². The van der Waals surface area contributed by atoms with E-state index in [0.29, 0.717) is 5.75 Å². The Morgan fingerprint density at radius 1 is 1.38 bits per heavy atom. The van der Waals surface area contributed by atoms with Crippen LogP contribution in [0.25, 0.3) is 0 Å². The summed E-state index contributed by atoms with van der Waals surface area (Å²) in [4.78, 5) is 13.9. The van der Waals surface area contributed by atoms with E-state index < -0.39 is 5.54 Å². The summed E-state index contributed by atoms with van der Waals surface area (Å²) in [7, 11) is 3.51. The van der Waals surface area contributed by atoms with Gasteiger partial charge in [0.15, 0.2) is 0 Å². The topological polar surface area (TPSA) is 41.6 Å². The molecule has 1 aromatic carbocycles. The molecule has 1 aliphatic rings. The highest BCUT2D eigenvalue weighted by Crippen LogP contribution is 2.41. The van der Waals surface area contributed by atoms with Crippen molar-refractivity contribution in [3.05, 3.63) is 18.2 Å². The van der Waals surface area contributed by atoms with Gasteiger partial charge in [0.05, 0.1) is 12.8 Å². The minimum Gasteiger partial charge on any atom is -0.494 e. The van der Waals surface area contributed by atoms with Crippen molar-refractivity contribution in [3.8, 4) is 5.75 Å². The van der Waals surface area contributed by atoms with Gasteiger partial charge < -0.3 is 15.0 Å². The van der Waals surface area contributed by atoms with Gasteiger partial charge in [-0.2, -0.15) is 0 Å². The van der Waals surface area contributed by atoms with Gasteiger partial charge in [-0.1, -0.05) is 6.07 Å². The second kappa shape index (κ2) is 3.40. The van der Waals surface area contributed by atoms with Gasteiger partial charge >= 0.3 is 0 Å². The summed E-state index contributed by atoms with van der Waals surface area (Å²) < 4.78 is 5.24. The van der Waals surface area contributed by atoms with Crippen LogP contribution in [0.1, 0.15) is 13.8 Å². The van der Waals surface area contributed by atoms with Crippen LogP contribution in [0.4, 0.5) is 11.4 Å². The highest BCUT2D eigenvalue weighted by atomic mass is 16.5. The molecule has 4 heteroatoms. The lowest BCUT2D eigenvalue weighted by Gasteiger charge is -2.41. The van der Waals surface area contributed by atoms with Crippen molar-refractivity contribution in [3.63, 3.8) is 0 Å². The highest BCUT2D eigenvalue weighted by molar-refractivity contribution is 6.07. The predicted molar refractivity (Wildman–Crippen MR) is 64.1 cm³/mol. The van der Waals surface area contributed by atoms with Gasteiger partial charge in [0.25, 0.3) is 0 Å². The van der Waals surface area contributed by atoms with E-state index in [1.807, 2.05) is 44.0 Å². The number of carbonyl (C=O) groups excluding carboxylic acids is 1. The molecular formula is C12H16N2O2. The van der Waals surface area contributed by atoms with Crippen LogP contribution in [0.15, 0.2) is 18.2 Å². The zero-order valence-corrected chi connectivity index (χ0v) is 10.00. The summed E-state index contributed by atoms with van der Waals surface area (Å²) in [5, 5.41) is 2.89. The summed E-state index contributed by atoms with van der Waals surface area (Å²) in [5.41, 5.74) is 1.18. The number of likely N-dealkylation sites (N-methyl/N-ethyl adjacent to an activating group) is 1. The molecule has 0 unspecified atom stereocenters. The second-order valence-electron chi connectivity index (χ2n) is 4.43. The molecule has 1 aromatic rings. The van der Waals surface area contributed by atoms with Crippen molar-refractivity contribution in [2.24, 2.45) is 0 Å². The first kappa shape index (κ1) is 10.8. The molecule has 0 saturated heterocycles. The van der Waals surface area contributed by atoms with Crippen LogP contribution in [0.2, 0.25) is 0 Å². The highest BCUT2D eigenvalue weighted by Gasteiger charge is 2.38. The molecular weight excluding hydrogens is 204 g/mol. The van der Waals surface area contributed by atoms with Gasteiger partial charge in [-0.05, 0) is 26.0 Å². The Morgan fingerprint density at radius 3 is 2.69 bits per heavy atom.